The molecule has 0 fully saturated rings. The van der Waals surface area contributed by atoms with Crippen LogP contribution >= 0.6 is 11.3 Å². The molecule has 26 heavy (non-hydrogen) atoms. The van der Waals surface area contributed by atoms with Crippen molar-refractivity contribution in [2.45, 2.75) is 12.6 Å². The zero-order chi connectivity index (χ0) is 18.5. The molecule has 1 heterocycles. The quantitative estimate of drug-likeness (QED) is 0.697. The van der Waals surface area contributed by atoms with Crippen LogP contribution in [0.2, 0.25) is 0 Å². The Morgan fingerprint density at radius 2 is 1.73 bits per heavy atom. The highest BCUT2D eigenvalue weighted by Crippen LogP contribution is 2.28. The van der Waals surface area contributed by atoms with Crippen LogP contribution in [0.5, 0.6) is 0 Å². The fourth-order valence-electron chi connectivity index (χ4n) is 2.62. The lowest BCUT2D eigenvalue weighted by Gasteiger charge is -2.12. The number of nitrogens with zero attached hydrogens (tertiary/aromatic N) is 1. The minimum Gasteiger partial charge on any atom is -0.383 e. The maximum atomic E-state index is 12.3. The van der Waals surface area contributed by atoms with Crippen LogP contribution in [0, 0.1) is 0 Å². The normalized spacial score (nSPS) is 11.8. The molecule has 0 aliphatic carbocycles. The summed E-state index contributed by atoms with van der Waals surface area (Å²) in [6.07, 6.45) is -0.635. The molecule has 0 aliphatic rings. The molecular weight excluding hydrogens is 344 g/mol. The Hall–Kier alpha value is -2.63. The van der Waals surface area contributed by atoms with Crippen molar-refractivity contribution < 1.29 is 9.90 Å². The van der Waals surface area contributed by atoms with Crippen LogP contribution in [0.1, 0.15) is 31.8 Å². The molecular formula is C21H22N2O2S. The molecule has 3 aromatic rings. The van der Waals surface area contributed by atoms with Gasteiger partial charge in [0, 0.05) is 35.1 Å². The number of amides is 1. The molecule has 0 spiro atoms. The van der Waals surface area contributed by atoms with Crippen LogP contribution < -0.4 is 10.2 Å². The smallest absolute Gasteiger partial charge is 0.251 e. The van der Waals surface area contributed by atoms with E-state index in [2.05, 4.69) is 5.32 Å². The number of carbonyl (C=O) groups is 1. The van der Waals surface area contributed by atoms with Gasteiger partial charge in [0.2, 0.25) is 0 Å². The predicted molar refractivity (Wildman–Crippen MR) is 107 cm³/mol. The number of carbonyl (C=O) groups excluding carboxylic acids is 1. The number of anilines is 1. The highest BCUT2D eigenvalue weighted by Gasteiger charge is 2.13. The predicted octanol–water partition coefficient (Wildman–Crippen LogP) is 3.83. The minimum absolute atomic E-state index is 0.103. The standard InChI is InChI=1S/C21H22N2O2S/c1-23(2)17-10-8-16(9-11-17)21(25)22-14-18-12-13-19(26-18)20(24)15-6-4-3-5-7-15/h3-13,20,24H,14H2,1-2H3,(H,22,25). The van der Waals surface area contributed by atoms with Gasteiger partial charge in [0.1, 0.15) is 6.10 Å². The zero-order valence-corrected chi connectivity index (χ0v) is 15.7. The van der Waals surface area contributed by atoms with Gasteiger partial charge in [-0.1, -0.05) is 30.3 Å². The van der Waals surface area contributed by atoms with Crippen molar-refractivity contribution in [3.05, 3.63) is 87.6 Å². The number of aliphatic hydroxyl groups excluding tert-OH is 1. The lowest BCUT2D eigenvalue weighted by molar-refractivity contribution is 0.0951. The summed E-state index contributed by atoms with van der Waals surface area (Å²) in [4.78, 5) is 16.2. The van der Waals surface area contributed by atoms with Gasteiger partial charge < -0.3 is 15.3 Å². The van der Waals surface area contributed by atoms with Crippen LogP contribution in [0.25, 0.3) is 0 Å². The van der Waals surface area contributed by atoms with Crippen molar-refractivity contribution in [1.82, 2.24) is 5.32 Å². The van der Waals surface area contributed by atoms with Gasteiger partial charge in [-0.05, 0) is 42.0 Å². The van der Waals surface area contributed by atoms with Crippen molar-refractivity contribution in [3.63, 3.8) is 0 Å². The van der Waals surface area contributed by atoms with Gasteiger partial charge in [-0.15, -0.1) is 11.3 Å². The molecule has 4 nitrogen and oxygen atoms in total. The van der Waals surface area contributed by atoms with E-state index in [1.54, 1.807) is 0 Å². The largest absolute Gasteiger partial charge is 0.383 e. The third kappa shape index (κ3) is 4.31. The Labute approximate surface area is 157 Å². The van der Waals surface area contributed by atoms with Gasteiger partial charge >= 0.3 is 0 Å². The number of hydrogen-bond acceptors (Lipinski definition) is 4. The third-order valence-electron chi connectivity index (χ3n) is 4.14. The molecule has 0 saturated carbocycles. The lowest BCUT2D eigenvalue weighted by atomic mass is 10.1. The Balaban J connectivity index is 1.60. The lowest BCUT2D eigenvalue weighted by Crippen LogP contribution is -2.22. The number of thiophene rings is 1. The van der Waals surface area contributed by atoms with E-state index in [1.165, 1.54) is 11.3 Å². The van der Waals surface area contributed by atoms with Crippen molar-refractivity contribution in [2.24, 2.45) is 0 Å². The van der Waals surface area contributed by atoms with Gasteiger partial charge in [0.05, 0.1) is 6.54 Å². The molecule has 3 rings (SSSR count). The fraction of sp³-hybridized carbons (Fsp3) is 0.190. The Bertz CT molecular complexity index is 857. The monoisotopic (exact) mass is 366 g/mol. The summed E-state index contributed by atoms with van der Waals surface area (Å²) in [5.74, 6) is -0.103. The highest BCUT2D eigenvalue weighted by atomic mass is 32.1. The molecule has 1 atom stereocenters. The molecule has 1 aromatic heterocycles. The number of nitrogens with one attached hydrogen (secondary N) is 1. The van der Waals surface area contributed by atoms with E-state index in [1.807, 2.05) is 85.7 Å². The molecule has 0 aliphatic heterocycles. The summed E-state index contributed by atoms with van der Waals surface area (Å²) in [7, 11) is 3.93. The fourth-order valence-corrected chi connectivity index (χ4v) is 3.58. The second kappa shape index (κ2) is 8.17. The first-order chi connectivity index (χ1) is 12.5. The van der Waals surface area contributed by atoms with E-state index in [9.17, 15) is 9.90 Å². The van der Waals surface area contributed by atoms with Gasteiger partial charge in [-0.2, -0.15) is 0 Å². The van der Waals surface area contributed by atoms with E-state index in [-0.39, 0.29) is 5.91 Å². The summed E-state index contributed by atoms with van der Waals surface area (Å²) in [6.45, 7) is 0.445. The number of rotatable bonds is 6. The van der Waals surface area contributed by atoms with Gasteiger partial charge in [0.25, 0.3) is 5.91 Å². The van der Waals surface area contributed by atoms with Crippen LogP contribution in [0.4, 0.5) is 5.69 Å². The summed E-state index contributed by atoms with van der Waals surface area (Å²) < 4.78 is 0. The topological polar surface area (TPSA) is 52.6 Å². The maximum absolute atomic E-state index is 12.3. The summed E-state index contributed by atoms with van der Waals surface area (Å²) >= 11 is 1.51. The van der Waals surface area contributed by atoms with E-state index < -0.39 is 6.10 Å². The summed E-state index contributed by atoms with van der Waals surface area (Å²) in [5, 5.41) is 13.4. The van der Waals surface area contributed by atoms with E-state index >= 15 is 0 Å². The summed E-state index contributed by atoms with van der Waals surface area (Å²) in [5.41, 5.74) is 2.56. The van der Waals surface area contributed by atoms with Gasteiger partial charge in [-0.25, -0.2) is 0 Å². The Morgan fingerprint density at radius 3 is 2.38 bits per heavy atom. The molecule has 134 valence electrons. The van der Waals surface area contributed by atoms with Gasteiger partial charge in [0.15, 0.2) is 0 Å². The number of hydrogen-bond donors (Lipinski definition) is 2. The first-order valence-corrected chi connectivity index (χ1v) is 9.23. The number of benzene rings is 2. The molecule has 0 radical (unpaired) electrons. The molecule has 5 heteroatoms. The number of aliphatic hydroxyl groups is 1. The van der Waals surface area contributed by atoms with Crippen molar-refractivity contribution in [3.8, 4) is 0 Å². The van der Waals surface area contributed by atoms with Crippen molar-refractivity contribution in [1.29, 1.82) is 0 Å². The second-order valence-corrected chi connectivity index (χ2v) is 7.44. The Morgan fingerprint density at radius 1 is 1.04 bits per heavy atom. The molecule has 1 unspecified atom stereocenters. The first kappa shape index (κ1) is 18.2. The van der Waals surface area contributed by atoms with Crippen LogP contribution in [-0.4, -0.2) is 25.1 Å². The van der Waals surface area contributed by atoms with E-state index in [4.69, 9.17) is 0 Å². The van der Waals surface area contributed by atoms with Crippen LogP contribution in [0.3, 0.4) is 0 Å². The third-order valence-corrected chi connectivity index (χ3v) is 5.27. The van der Waals surface area contributed by atoms with E-state index in [0.717, 1.165) is 21.0 Å². The highest BCUT2D eigenvalue weighted by molar-refractivity contribution is 7.12. The van der Waals surface area contributed by atoms with E-state index in [0.29, 0.717) is 12.1 Å². The maximum Gasteiger partial charge on any atom is 0.251 e. The van der Waals surface area contributed by atoms with Crippen molar-refractivity contribution >= 4 is 22.9 Å². The zero-order valence-electron chi connectivity index (χ0n) is 14.8. The van der Waals surface area contributed by atoms with Crippen LogP contribution in [0.15, 0.2) is 66.7 Å². The molecule has 2 aromatic carbocycles. The molecule has 0 saturated heterocycles. The first-order valence-electron chi connectivity index (χ1n) is 8.42. The summed E-state index contributed by atoms with van der Waals surface area (Å²) in [6, 6.07) is 20.9. The second-order valence-electron chi connectivity index (χ2n) is 6.24. The van der Waals surface area contributed by atoms with Gasteiger partial charge in [-0.3, -0.25) is 4.79 Å². The molecule has 2 N–H and O–H groups in total. The van der Waals surface area contributed by atoms with Crippen molar-refractivity contribution in [2.75, 3.05) is 19.0 Å². The minimum atomic E-state index is -0.635. The average Bonchev–Trinajstić information content (AvgIpc) is 3.15. The molecule has 0 bridgehead atoms. The Kier molecular flexibility index (Phi) is 5.71. The average molecular weight is 366 g/mol. The van der Waals surface area contributed by atoms with Crippen LogP contribution in [-0.2, 0) is 6.54 Å². The SMILES string of the molecule is CN(C)c1ccc(C(=O)NCc2ccc(C(O)c3ccccc3)s2)cc1. The molecule has 1 amide bonds.